The van der Waals surface area contributed by atoms with Crippen LogP contribution in [0.15, 0.2) is 72.8 Å². The summed E-state index contributed by atoms with van der Waals surface area (Å²) in [5, 5.41) is 76.4. The van der Waals surface area contributed by atoms with Crippen LogP contribution in [0.1, 0.15) is 154 Å². The fourth-order valence-corrected chi connectivity index (χ4v) is 18.7. The van der Waals surface area contributed by atoms with Crippen LogP contribution in [-0.2, 0) is 124 Å². The number of thioether (sulfide) groups is 3. The van der Waals surface area contributed by atoms with Gasteiger partial charge in [0.25, 0.3) is 0 Å². The molecule has 0 saturated heterocycles. The number of hydrogen-bond acceptors (Lipinski definition) is 18. The molecule has 0 radical (unpaired) electrons. The third kappa shape index (κ3) is 15.5. The lowest BCUT2D eigenvalue weighted by Crippen LogP contribution is -2.43. The number of ether oxygens (including phenoxy) is 3. The van der Waals surface area contributed by atoms with Gasteiger partial charge >= 0.3 is 17.9 Å². The number of esters is 3. The largest absolute Gasteiger partial charge is 0.507 e. The van der Waals surface area contributed by atoms with E-state index in [9.17, 15) is 45.0 Å². The van der Waals surface area contributed by atoms with Crippen LogP contribution in [0, 0.1) is 41.5 Å². The molecule has 6 N–H and O–H groups in total. The molecule has 7 aromatic carbocycles. The Morgan fingerprint density at radius 2 is 0.521 bits per heavy atom. The first-order valence-electron chi connectivity index (χ1n) is 33.2. The SMILES string of the molecule is CCc1c2c(CC)c3c(CC)c1CSC[C@@H](C(=O)OC)N1Cc4cc(C)cc(c4O)Cc4cc(C)cc(c4O)CN(Cc4cc(C)cc(c4O)Cc4cc(C)cc(c4O)CN(Cc4cc(C)cc(c4O)Cc4cc(C)cc(c4O)C1)[C@H](C(=O)OC)CSC3)[C@H](C(=O)OC)CSC2. The summed E-state index contributed by atoms with van der Waals surface area (Å²) < 4.78 is 17.2. The summed E-state index contributed by atoms with van der Waals surface area (Å²) in [4.78, 5) is 50.3. The molecular formula is C78H93N3O12S3. The third-order valence-corrected chi connectivity index (χ3v) is 22.5. The Balaban J connectivity index is 1.32. The molecule has 18 bridgehead atoms. The average molecular weight is 1360 g/mol. The Kier molecular flexibility index (Phi) is 23.1. The van der Waals surface area contributed by atoms with Crippen molar-refractivity contribution in [2.24, 2.45) is 0 Å². The summed E-state index contributed by atoms with van der Waals surface area (Å²) in [5.41, 5.74) is 18.3. The molecule has 0 amide bonds. The number of nitrogens with zero attached hydrogens (tertiary/aromatic N) is 3. The minimum Gasteiger partial charge on any atom is -0.507 e. The highest BCUT2D eigenvalue weighted by Crippen LogP contribution is 2.43. The summed E-state index contributed by atoms with van der Waals surface area (Å²) in [7, 11) is 4.15. The second-order valence-corrected chi connectivity index (χ2v) is 29.5. The van der Waals surface area contributed by atoms with Gasteiger partial charge in [-0.25, -0.2) is 0 Å². The zero-order chi connectivity index (χ0) is 69.0. The average Bonchev–Trinajstić information content (AvgIpc) is 0.768. The molecule has 0 unspecified atom stereocenters. The molecule has 0 aliphatic carbocycles. The molecule has 18 heteroatoms. The van der Waals surface area contributed by atoms with Crippen LogP contribution >= 0.6 is 35.3 Å². The summed E-state index contributed by atoms with van der Waals surface area (Å²) in [5.74, 6) is 0.720. The van der Waals surface area contributed by atoms with Gasteiger partial charge in [-0.15, -0.1) is 0 Å². The number of hydrogen-bond donors (Lipinski definition) is 6. The van der Waals surface area contributed by atoms with Gasteiger partial charge in [-0.1, -0.05) is 127 Å². The van der Waals surface area contributed by atoms with E-state index in [-0.39, 0.29) is 110 Å². The summed E-state index contributed by atoms with van der Waals surface area (Å²) in [6.45, 7) is 18.5. The molecule has 3 atom stereocenters. The van der Waals surface area contributed by atoms with E-state index in [1.165, 1.54) is 38.0 Å². The number of aromatic hydroxyl groups is 6. The molecule has 96 heavy (non-hydrogen) atoms. The molecule has 7 aromatic rings. The Morgan fingerprint density at radius 3 is 0.688 bits per heavy atom. The van der Waals surface area contributed by atoms with Crippen molar-refractivity contribution in [2.75, 3.05) is 38.6 Å². The number of benzene rings is 7. The minimum atomic E-state index is -0.906. The number of carbonyl (C=O) groups excluding carboxylic acids is 3. The van der Waals surface area contributed by atoms with Crippen LogP contribution in [0.25, 0.3) is 0 Å². The van der Waals surface area contributed by atoms with Crippen molar-refractivity contribution in [3.63, 3.8) is 0 Å². The maximum Gasteiger partial charge on any atom is 0.323 e. The fraction of sp³-hybridized carbons (Fsp3) is 0.423. The van der Waals surface area contributed by atoms with Crippen molar-refractivity contribution in [3.8, 4) is 34.5 Å². The zero-order valence-electron chi connectivity index (χ0n) is 57.6. The molecule has 0 spiro atoms. The van der Waals surface area contributed by atoms with Crippen molar-refractivity contribution in [2.45, 2.75) is 175 Å². The normalized spacial score (nSPS) is 19.6. The monoisotopic (exact) mass is 1360 g/mol. The summed E-state index contributed by atoms with van der Waals surface area (Å²) in [6.07, 6.45) is 2.35. The van der Waals surface area contributed by atoms with Crippen LogP contribution in [-0.4, -0.2) is 120 Å². The second-order valence-electron chi connectivity index (χ2n) is 26.4. The molecule has 15 nitrogen and oxygen atoms in total. The highest BCUT2D eigenvalue weighted by atomic mass is 32.2. The van der Waals surface area contributed by atoms with E-state index < -0.39 is 36.0 Å². The van der Waals surface area contributed by atoms with E-state index in [1.54, 1.807) is 35.3 Å². The van der Waals surface area contributed by atoms with Crippen LogP contribution in [0.5, 0.6) is 34.5 Å². The number of methoxy groups -OCH3 is 3. The van der Waals surface area contributed by atoms with Gasteiger partial charge in [-0.3, -0.25) is 29.1 Å². The Labute approximate surface area is 578 Å². The van der Waals surface area contributed by atoms with E-state index >= 15 is 0 Å². The van der Waals surface area contributed by atoms with Gasteiger partial charge in [0.05, 0.1) is 21.3 Å². The van der Waals surface area contributed by atoms with E-state index in [0.717, 1.165) is 50.1 Å². The van der Waals surface area contributed by atoms with Gasteiger partial charge in [-0.2, -0.15) is 35.3 Å². The van der Waals surface area contributed by atoms with Crippen molar-refractivity contribution in [3.05, 3.63) is 206 Å². The summed E-state index contributed by atoms with van der Waals surface area (Å²) in [6, 6.07) is 20.1. The Bertz CT molecular complexity index is 3500. The molecule has 510 valence electrons. The highest BCUT2D eigenvalue weighted by molar-refractivity contribution is 7.99. The molecular weight excluding hydrogens is 1270 g/mol. The number of rotatable bonds is 6. The fourth-order valence-electron chi connectivity index (χ4n) is 15.0. The van der Waals surface area contributed by atoms with Crippen LogP contribution < -0.4 is 0 Å². The van der Waals surface area contributed by atoms with Gasteiger partial charge < -0.3 is 44.8 Å². The van der Waals surface area contributed by atoms with Crippen molar-refractivity contribution in [1.82, 2.24) is 14.7 Å². The quantitative estimate of drug-likeness (QED) is 0.0675. The standard InChI is InChI=1S/C78H93N3O12S3/c1-13-61-64-37-94-40-67(76(88)91-10)79-31-55-22-43(4)16-49(70(55)82)28-50-17-44(5)23-56(71(50)83)32-80-34-58-25-46(7)19-52(73(58)85)30-54-21-48(9)27-60(75(54)87)36-81(35-59-26-47(8)20-53(74(59)86)29-51-18-45(6)24-57(33-79)72(51)84)69(78(90)93-12)42-96-39-66(62(64)14-2)63(15-3)65(61)38-95-41-68(80)77(89)92-11/h16-27,67-69,82-87H,13-15,28-42H2,1-12H3/t67-,68-,69-/m0/s1. The zero-order valence-corrected chi connectivity index (χ0v) is 60.0. The molecule has 0 aromatic heterocycles. The Morgan fingerprint density at radius 1 is 0.344 bits per heavy atom. The predicted molar refractivity (Wildman–Crippen MR) is 384 cm³/mol. The van der Waals surface area contributed by atoms with E-state index in [4.69, 9.17) is 14.2 Å². The van der Waals surface area contributed by atoms with Gasteiger partial charge in [0.15, 0.2) is 0 Å². The third-order valence-electron chi connectivity index (χ3n) is 19.4. The lowest BCUT2D eigenvalue weighted by Gasteiger charge is -2.33. The van der Waals surface area contributed by atoms with Crippen LogP contribution in [0.3, 0.4) is 0 Å². The first-order valence-corrected chi connectivity index (χ1v) is 36.7. The summed E-state index contributed by atoms with van der Waals surface area (Å²) >= 11 is 4.85. The van der Waals surface area contributed by atoms with E-state index in [0.29, 0.717) is 103 Å². The molecule has 10 rings (SSSR count). The van der Waals surface area contributed by atoms with E-state index in [1.807, 2.05) is 129 Å². The maximum atomic E-state index is 14.8. The van der Waals surface area contributed by atoms with Gasteiger partial charge in [0.1, 0.15) is 52.6 Å². The Hall–Kier alpha value is -7.32. The molecule has 0 fully saturated rings. The number of phenolic OH excluding ortho intramolecular Hbond substituents is 6. The van der Waals surface area contributed by atoms with Gasteiger partial charge in [0.2, 0.25) is 0 Å². The second kappa shape index (κ2) is 31.0. The van der Waals surface area contributed by atoms with Crippen LogP contribution in [0.2, 0.25) is 0 Å². The van der Waals surface area contributed by atoms with Gasteiger partial charge in [-0.05, 0) is 128 Å². The first kappa shape index (κ1) is 71.5. The molecule has 3 aliphatic rings. The number of fused-ring (bicyclic) bond motifs is 24. The number of aryl methyl sites for hydroxylation is 6. The minimum absolute atomic E-state index is 0.0184. The van der Waals surface area contributed by atoms with Gasteiger partial charge in [0, 0.05) is 126 Å². The molecule has 0 saturated carbocycles. The topological polar surface area (TPSA) is 210 Å². The first-order chi connectivity index (χ1) is 45.9. The van der Waals surface area contributed by atoms with Crippen LogP contribution in [0.4, 0.5) is 0 Å². The molecule has 3 aliphatic heterocycles. The molecule has 3 heterocycles. The number of phenols is 6. The van der Waals surface area contributed by atoms with E-state index in [2.05, 4.69) is 20.8 Å². The van der Waals surface area contributed by atoms with Crippen molar-refractivity contribution < 1.29 is 59.2 Å². The smallest absolute Gasteiger partial charge is 0.323 e. The highest BCUT2D eigenvalue weighted by Gasteiger charge is 2.36. The lowest BCUT2D eigenvalue weighted by molar-refractivity contribution is -0.147. The maximum absolute atomic E-state index is 14.8. The predicted octanol–water partition coefficient (Wildman–Crippen LogP) is 13.6. The van der Waals surface area contributed by atoms with Crippen molar-refractivity contribution >= 4 is 53.2 Å². The van der Waals surface area contributed by atoms with Crippen molar-refractivity contribution in [1.29, 1.82) is 0 Å². The lowest BCUT2D eigenvalue weighted by atomic mass is 9.85. The number of carbonyl (C=O) groups is 3.